The van der Waals surface area contributed by atoms with Crippen LogP contribution in [0.1, 0.15) is 172 Å². The minimum atomic E-state index is -2.16. The fourth-order valence-electron chi connectivity index (χ4n) is 8.92. The number of ether oxygens (including phenoxy) is 2. The number of aliphatic hydroxyl groups excluding tert-OH is 7. The zero-order valence-corrected chi connectivity index (χ0v) is 54.0. The standard InChI is InChI=1S/C24H34N2O6.C13H21NO3.C10H10O6.C10H10O4.C6H14N2.CH3B.CH4S/c27-13-17-9-15(1-7-21(17)29)23(31)11-25-19-3-5-20(6-4-19)26-12-24(32)16-2-8-22(30)18(10-16)14-28;1-13(2,3)14-7-12(17)9-4-5-11(16)10(6-9)8-15;1-16-10(15)6-4-5(2-3-7(6)11)8(12)9(13)14;1-6(11)7-3-4-9(12)8(5-7)10(13)14-2;7-5-1-2-6(8)4-3-5;2*1-2/h1-2,7-10,19-20,23-32H,3-6,11-14H2;4-6,12,14-17H,7-8H2,1-3H3;2-4,9,11,13-14H,1H3;3-5,12H,1-2H3;5-6H,1-4,7-8H2;1H3;2H,1H3. The Kier molecular flexibility index (Phi) is 39.0. The number of thiol groups is 1. The Morgan fingerprint density at radius 1 is 0.516 bits per heavy atom. The first-order valence-corrected chi connectivity index (χ1v) is 30.3. The van der Waals surface area contributed by atoms with Crippen LogP contribution >= 0.6 is 12.6 Å². The zero-order chi connectivity index (χ0) is 69.1. The van der Waals surface area contributed by atoms with Crippen molar-refractivity contribution >= 4 is 44.0 Å². The molecule has 5 aromatic carbocycles. The van der Waals surface area contributed by atoms with Gasteiger partial charge in [-0.1, -0.05) is 25.0 Å². The molecule has 2 radical (unpaired) electrons. The van der Waals surface area contributed by atoms with Crippen molar-refractivity contribution in [3.8, 4) is 28.7 Å². The van der Waals surface area contributed by atoms with Crippen molar-refractivity contribution < 1.29 is 95.0 Å². The molecule has 2 fully saturated rings. The summed E-state index contributed by atoms with van der Waals surface area (Å²) in [6.07, 6.45) is 5.75. The van der Waals surface area contributed by atoms with E-state index in [0.29, 0.717) is 82.7 Å². The van der Waals surface area contributed by atoms with E-state index in [0.717, 1.165) is 70.6 Å². The summed E-state index contributed by atoms with van der Waals surface area (Å²) >= 11 is 3.53. The number of β-amino-alcohol motifs (C(OH)–C–C–N with tert-alkyl or cyclic N) is 1. The van der Waals surface area contributed by atoms with Gasteiger partial charge in [0.05, 0.1) is 60.2 Å². The molecule has 0 heterocycles. The van der Waals surface area contributed by atoms with Gasteiger partial charge in [0.1, 0.15) is 39.9 Å². The molecule has 2 aliphatic rings. The van der Waals surface area contributed by atoms with Gasteiger partial charge in [0.25, 0.3) is 0 Å². The summed E-state index contributed by atoms with van der Waals surface area (Å²) in [4.78, 5) is 44.4. The normalized spacial score (nSPS) is 16.7. The molecule has 91 heavy (non-hydrogen) atoms. The molecule has 504 valence electrons. The summed E-state index contributed by atoms with van der Waals surface area (Å²) in [7, 11) is 6.83. The second-order valence-electron chi connectivity index (χ2n) is 22.1. The molecule has 0 saturated heterocycles. The molecule has 2 aliphatic carbocycles. The highest BCUT2D eigenvalue weighted by molar-refractivity contribution is 7.79. The number of phenols is 5. The van der Waals surface area contributed by atoms with Gasteiger partial charge in [-0.05, 0) is 175 Å². The molecule has 0 aromatic heterocycles. The predicted octanol–water partition coefficient (Wildman–Crippen LogP) is 4.66. The van der Waals surface area contributed by atoms with E-state index in [2.05, 4.69) is 45.9 Å². The molecule has 5 aromatic rings. The van der Waals surface area contributed by atoms with E-state index in [4.69, 9.17) is 26.8 Å². The molecule has 0 bridgehead atoms. The van der Waals surface area contributed by atoms with Gasteiger partial charge in [0, 0.05) is 77.2 Å². The summed E-state index contributed by atoms with van der Waals surface area (Å²) in [6, 6.07) is 23.1. The second-order valence-corrected chi connectivity index (χ2v) is 22.1. The van der Waals surface area contributed by atoms with E-state index in [1.54, 1.807) is 42.7 Å². The van der Waals surface area contributed by atoms with Crippen LogP contribution < -0.4 is 27.4 Å². The number of aliphatic hydroxyl groups is 8. The van der Waals surface area contributed by atoms with Crippen LogP contribution in [0.3, 0.4) is 0 Å². The average molecular weight is 1290 g/mol. The van der Waals surface area contributed by atoms with E-state index in [1.807, 2.05) is 20.8 Å². The van der Waals surface area contributed by atoms with Gasteiger partial charge in [-0.2, -0.15) is 12.6 Å². The lowest BCUT2D eigenvalue weighted by atomic mass is 9.90. The van der Waals surface area contributed by atoms with Crippen molar-refractivity contribution in [3.05, 3.63) is 147 Å². The van der Waals surface area contributed by atoms with Crippen LogP contribution in [0.25, 0.3) is 0 Å². The highest BCUT2D eigenvalue weighted by atomic mass is 32.1. The lowest BCUT2D eigenvalue weighted by Crippen LogP contribution is -2.42. The monoisotopic (exact) mass is 1290 g/mol. The topological polar surface area (TPSA) is 438 Å². The molecule has 0 amide bonds. The number of carbonyl (C=O) groups excluding carboxylic acids is 4. The van der Waals surface area contributed by atoms with Crippen LogP contribution in [-0.2, 0) is 29.3 Å². The Labute approximate surface area is 539 Å². The number of methoxy groups -OCH3 is 2. The third kappa shape index (κ3) is 29.6. The van der Waals surface area contributed by atoms with Crippen LogP contribution in [-0.4, -0.2) is 174 Å². The SMILES string of the molecule is CC(C)(C)NCC(O)c1ccc(O)c(CO)c1.COC(=O)c1cc(C(=O)C(O)O)ccc1O.COC(=O)c1cc(C(C)=O)ccc1O.CS.NC1CCC(N)CC1.OCc1cc(C(O)CNC2CCC(NCC(O)c3ccc(O)c(CO)c3)CC2)ccc1O.[B]C. The van der Waals surface area contributed by atoms with Crippen molar-refractivity contribution in [2.75, 3.05) is 40.1 Å². The summed E-state index contributed by atoms with van der Waals surface area (Å²) in [5, 5.41) is 133. The Balaban J connectivity index is 0.000000601. The Bertz CT molecular complexity index is 2890. The number of aromatic hydroxyl groups is 5. The lowest BCUT2D eigenvalue weighted by Gasteiger charge is -2.31. The Morgan fingerprint density at radius 2 is 0.824 bits per heavy atom. The minimum Gasteiger partial charge on any atom is -0.508 e. The number of nitrogens with one attached hydrogen (secondary N) is 3. The fourth-order valence-corrected chi connectivity index (χ4v) is 8.92. The summed E-state index contributed by atoms with van der Waals surface area (Å²) in [5.74, 6) is -3.08. The van der Waals surface area contributed by atoms with Crippen molar-refractivity contribution in [2.24, 2.45) is 11.5 Å². The largest absolute Gasteiger partial charge is 0.508 e. The molecular weight excluding hydrogens is 1200 g/mol. The third-order valence-corrected chi connectivity index (χ3v) is 14.3. The zero-order valence-electron chi connectivity index (χ0n) is 53.1. The Morgan fingerprint density at radius 3 is 1.12 bits per heavy atom. The number of Topliss-reactive ketones (excluding diaryl/α,β-unsaturated/α-hetero) is 2. The molecule has 0 spiro atoms. The molecule has 3 unspecified atom stereocenters. The molecule has 26 heteroatoms. The van der Waals surface area contributed by atoms with Gasteiger partial charge < -0.3 is 103 Å². The number of ketones is 2. The highest BCUT2D eigenvalue weighted by Crippen LogP contribution is 2.28. The number of esters is 2. The minimum absolute atomic E-state index is 0.000185. The van der Waals surface area contributed by atoms with Crippen LogP contribution in [0.2, 0.25) is 6.82 Å². The highest BCUT2D eigenvalue weighted by Gasteiger charge is 2.24. The van der Waals surface area contributed by atoms with Gasteiger partial charge in [-0.3, -0.25) is 9.59 Å². The van der Waals surface area contributed by atoms with E-state index in [9.17, 15) is 70.2 Å². The van der Waals surface area contributed by atoms with E-state index < -0.39 is 42.3 Å². The first-order chi connectivity index (χ1) is 43.1. The van der Waals surface area contributed by atoms with Crippen LogP contribution in [0, 0.1) is 0 Å². The maximum absolute atomic E-state index is 11.2. The quantitative estimate of drug-likeness (QED) is 0.0176. The lowest BCUT2D eigenvalue weighted by molar-refractivity contribution is -0.0195. The molecule has 0 aliphatic heterocycles. The predicted molar refractivity (Wildman–Crippen MR) is 349 cm³/mol. The van der Waals surface area contributed by atoms with Gasteiger partial charge >= 0.3 is 11.9 Å². The maximum atomic E-state index is 11.2. The summed E-state index contributed by atoms with van der Waals surface area (Å²) in [6.45, 7) is 9.38. The smallest absolute Gasteiger partial charge is 0.341 e. The van der Waals surface area contributed by atoms with Crippen LogP contribution in [0.15, 0.2) is 91.0 Å². The number of nitrogens with two attached hydrogens (primary N) is 2. The van der Waals surface area contributed by atoms with E-state index in [1.165, 1.54) is 63.3 Å². The van der Waals surface area contributed by atoms with Gasteiger partial charge in [-0.25, -0.2) is 9.59 Å². The number of phenolic OH excluding ortho intramolecular Hbond substituents is 2. The molecule has 20 N–H and O–H groups in total. The maximum Gasteiger partial charge on any atom is 0.341 e. The molecule has 7 rings (SSSR count). The van der Waals surface area contributed by atoms with Crippen LogP contribution in [0.5, 0.6) is 28.7 Å². The summed E-state index contributed by atoms with van der Waals surface area (Å²) < 4.78 is 8.82. The first kappa shape index (κ1) is 82.3. The van der Waals surface area contributed by atoms with Crippen molar-refractivity contribution in [2.45, 2.75) is 160 Å². The number of hydrogen-bond acceptors (Lipinski definition) is 25. The van der Waals surface area contributed by atoms with Crippen LogP contribution in [0.4, 0.5) is 0 Å². The van der Waals surface area contributed by atoms with E-state index >= 15 is 0 Å². The third-order valence-electron chi connectivity index (χ3n) is 14.3. The van der Waals surface area contributed by atoms with Crippen molar-refractivity contribution in [1.82, 2.24) is 16.0 Å². The number of rotatable bonds is 19. The molecular formula is C65H96BN5O19S. The molecule has 3 atom stereocenters. The fraction of sp³-hybridized carbons (Fsp3) is 0.477. The molecule has 24 nitrogen and oxygen atoms in total. The average Bonchev–Trinajstić information content (AvgIpc) is 3.69. The number of hydrogen-bond donors (Lipinski definition) is 19. The van der Waals surface area contributed by atoms with Gasteiger partial charge in [0.15, 0.2) is 5.78 Å². The van der Waals surface area contributed by atoms with Gasteiger partial charge in [-0.15, -0.1) is 0 Å². The number of benzene rings is 5. The Hall–Kier alpha value is -6.73. The summed E-state index contributed by atoms with van der Waals surface area (Å²) in [5.41, 5.74) is 14.5. The first-order valence-electron chi connectivity index (χ1n) is 29.4. The second kappa shape index (κ2) is 43.2. The van der Waals surface area contributed by atoms with Crippen molar-refractivity contribution in [1.29, 1.82) is 0 Å². The van der Waals surface area contributed by atoms with Crippen molar-refractivity contribution in [3.63, 3.8) is 0 Å². The van der Waals surface area contributed by atoms with Gasteiger partial charge in [0.2, 0.25) is 12.1 Å². The van der Waals surface area contributed by atoms with E-state index in [-0.39, 0.29) is 76.6 Å². The number of carbonyl (C=O) groups is 4. The molecule has 2 saturated carbocycles.